The SMILES string of the molecule is Cn1ccnc1C(=O)Cc1cc(Cl)cc2c1OCC2. The van der Waals surface area contributed by atoms with E-state index >= 15 is 0 Å². The van der Waals surface area contributed by atoms with Crippen molar-refractivity contribution in [2.24, 2.45) is 7.05 Å². The molecule has 0 amide bonds. The van der Waals surface area contributed by atoms with Crippen LogP contribution in [-0.4, -0.2) is 21.9 Å². The average Bonchev–Trinajstić information content (AvgIpc) is 2.97. The van der Waals surface area contributed by atoms with Gasteiger partial charge < -0.3 is 9.30 Å². The molecule has 98 valence electrons. The molecule has 4 nitrogen and oxygen atoms in total. The Morgan fingerprint density at radius 1 is 1.53 bits per heavy atom. The Morgan fingerprint density at radius 3 is 3.11 bits per heavy atom. The Labute approximate surface area is 116 Å². The summed E-state index contributed by atoms with van der Waals surface area (Å²) in [6.45, 7) is 0.652. The van der Waals surface area contributed by atoms with Crippen LogP contribution in [0.3, 0.4) is 0 Å². The monoisotopic (exact) mass is 276 g/mol. The number of ether oxygens (including phenoxy) is 1. The minimum absolute atomic E-state index is 0.0348. The molecule has 0 fully saturated rings. The fraction of sp³-hybridized carbons (Fsp3) is 0.286. The summed E-state index contributed by atoms with van der Waals surface area (Å²) < 4.78 is 7.31. The van der Waals surface area contributed by atoms with Gasteiger partial charge in [-0.15, -0.1) is 0 Å². The number of aryl methyl sites for hydroxylation is 1. The first-order chi connectivity index (χ1) is 9.15. The van der Waals surface area contributed by atoms with Gasteiger partial charge in [-0.2, -0.15) is 0 Å². The van der Waals surface area contributed by atoms with Crippen molar-refractivity contribution in [3.63, 3.8) is 0 Å². The first kappa shape index (κ1) is 12.2. The second-order valence-electron chi connectivity index (χ2n) is 4.61. The van der Waals surface area contributed by atoms with Gasteiger partial charge in [0.1, 0.15) is 5.75 Å². The number of nitrogens with zero attached hydrogens (tertiary/aromatic N) is 2. The molecule has 0 bridgehead atoms. The number of carbonyl (C=O) groups excluding carboxylic acids is 1. The third kappa shape index (κ3) is 2.24. The summed E-state index contributed by atoms with van der Waals surface area (Å²) in [5.41, 5.74) is 1.92. The van der Waals surface area contributed by atoms with Crippen molar-refractivity contribution >= 4 is 17.4 Å². The number of aromatic nitrogens is 2. The van der Waals surface area contributed by atoms with Gasteiger partial charge in [0.05, 0.1) is 6.61 Å². The summed E-state index contributed by atoms with van der Waals surface area (Å²) in [7, 11) is 1.80. The molecular weight excluding hydrogens is 264 g/mol. The molecule has 2 heterocycles. The van der Waals surface area contributed by atoms with Gasteiger partial charge in [-0.1, -0.05) is 11.6 Å². The predicted octanol–water partition coefficient (Wildman–Crippen LogP) is 2.43. The fourth-order valence-corrected chi connectivity index (χ4v) is 2.63. The Balaban J connectivity index is 1.92. The summed E-state index contributed by atoms with van der Waals surface area (Å²) >= 11 is 6.08. The van der Waals surface area contributed by atoms with Crippen LogP contribution in [-0.2, 0) is 19.9 Å². The zero-order valence-electron chi connectivity index (χ0n) is 10.5. The van der Waals surface area contributed by atoms with Crippen LogP contribution in [0.15, 0.2) is 24.5 Å². The van der Waals surface area contributed by atoms with Crippen LogP contribution in [0.4, 0.5) is 0 Å². The molecular formula is C14H13ClN2O2. The van der Waals surface area contributed by atoms with Gasteiger partial charge in [-0.25, -0.2) is 4.98 Å². The molecule has 1 aliphatic heterocycles. The number of fused-ring (bicyclic) bond motifs is 1. The zero-order chi connectivity index (χ0) is 13.4. The number of imidazole rings is 1. The summed E-state index contributed by atoms with van der Waals surface area (Å²) in [5, 5.41) is 0.645. The number of rotatable bonds is 3. The van der Waals surface area contributed by atoms with Gasteiger partial charge in [0.25, 0.3) is 0 Å². The van der Waals surface area contributed by atoms with Crippen LogP contribution in [0, 0.1) is 0 Å². The Morgan fingerprint density at radius 2 is 2.37 bits per heavy atom. The van der Waals surface area contributed by atoms with E-state index in [1.807, 2.05) is 6.07 Å². The van der Waals surface area contributed by atoms with Crippen LogP contribution in [0.5, 0.6) is 5.75 Å². The Kier molecular flexibility index (Phi) is 3.03. The molecule has 0 aliphatic carbocycles. The first-order valence-corrected chi connectivity index (χ1v) is 6.47. The molecule has 1 aromatic carbocycles. The second kappa shape index (κ2) is 4.70. The molecule has 0 saturated heterocycles. The van der Waals surface area contributed by atoms with Crippen molar-refractivity contribution in [1.82, 2.24) is 9.55 Å². The normalized spacial score (nSPS) is 13.2. The highest BCUT2D eigenvalue weighted by Gasteiger charge is 2.21. The highest BCUT2D eigenvalue weighted by molar-refractivity contribution is 6.30. The lowest BCUT2D eigenvalue weighted by atomic mass is 10.0. The fourth-order valence-electron chi connectivity index (χ4n) is 2.36. The van der Waals surface area contributed by atoms with E-state index in [2.05, 4.69) is 4.98 Å². The van der Waals surface area contributed by atoms with Crippen LogP contribution in [0.1, 0.15) is 21.7 Å². The summed E-state index contributed by atoms with van der Waals surface area (Å²) in [6.07, 6.45) is 4.48. The van der Waals surface area contributed by atoms with Crippen LogP contribution >= 0.6 is 11.6 Å². The van der Waals surface area contributed by atoms with Gasteiger partial charge in [0.2, 0.25) is 5.78 Å². The molecule has 0 atom stereocenters. The van der Waals surface area contributed by atoms with E-state index in [-0.39, 0.29) is 12.2 Å². The summed E-state index contributed by atoms with van der Waals surface area (Å²) in [5.74, 6) is 1.23. The summed E-state index contributed by atoms with van der Waals surface area (Å²) in [6, 6.07) is 3.70. The minimum Gasteiger partial charge on any atom is -0.493 e. The third-order valence-electron chi connectivity index (χ3n) is 3.25. The van der Waals surface area contributed by atoms with Crippen LogP contribution in [0.2, 0.25) is 5.02 Å². The van der Waals surface area contributed by atoms with Gasteiger partial charge in [0.15, 0.2) is 5.82 Å². The van der Waals surface area contributed by atoms with Gasteiger partial charge in [0, 0.05) is 42.9 Å². The van der Waals surface area contributed by atoms with Crippen molar-refractivity contribution < 1.29 is 9.53 Å². The first-order valence-electron chi connectivity index (χ1n) is 6.10. The molecule has 2 aromatic rings. The Bertz CT molecular complexity index is 649. The second-order valence-corrected chi connectivity index (χ2v) is 5.05. The lowest BCUT2D eigenvalue weighted by Gasteiger charge is -2.08. The molecule has 0 N–H and O–H groups in total. The number of benzene rings is 1. The van der Waals surface area contributed by atoms with E-state index in [1.165, 1.54) is 0 Å². The van der Waals surface area contributed by atoms with Crippen molar-refractivity contribution in [2.45, 2.75) is 12.8 Å². The van der Waals surface area contributed by atoms with E-state index < -0.39 is 0 Å². The quantitative estimate of drug-likeness (QED) is 0.809. The zero-order valence-corrected chi connectivity index (χ0v) is 11.3. The molecule has 0 saturated carbocycles. The topological polar surface area (TPSA) is 44.1 Å². The maximum absolute atomic E-state index is 12.2. The van der Waals surface area contributed by atoms with Crippen molar-refractivity contribution in [2.75, 3.05) is 6.61 Å². The molecule has 5 heteroatoms. The summed E-state index contributed by atoms with van der Waals surface area (Å²) in [4.78, 5) is 16.3. The molecule has 0 radical (unpaired) electrons. The van der Waals surface area contributed by atoms with E-state index in [0.29, 0.717) is 17.5 Å². The van der Waals surface area contributed by atoms with Crippen LogP contribution < -0.4 is 4.74 Å². The molecule has 0 spiro atoms. The Hall–Kier alpha value is -1.81. The van der Waals surface area contributed by atoms with Crippen molar-refractivity contribution in [1.29, 1.82) is 0 Å². The number of hydrogen-bond acceptors (Lipinski definition) is 3. The predicted molar refractivity (Wildman–Crippen MR) is 71.9 cm³/mol. The number of halogens is 1. The molecule has 3 rings (SSSR count). The smallest absolute Gasteiger partial charge is 0.202 e. The van der Waals surface area contributed by atoms with E-state index in [0.717, 1.165) is 23.3 Å². The maximum Gasteiger partial charge on any atom is 0.202 e. The number of ketones is 1. The lowest BCUT2D eigenvalue weighted by molar-refractivity contribution is 0.0979. The lowest BCUT2D eigenvalue weighted by Crippen LogP contribution is -2.10. The standard InChI is InChI=1S/C14H13ClN2O2/c1-17-4-3-16-14(17)12(18)8-10-7-11(15)6-9-2-5-19-13(9)10/h3-4,6-7H,2,5,8H2,1H3. The highest BCUT2D eigenvalue weighted by Crippen LogP contribution is 2.33. The third-order valence-corrected chi connectivity index (χ3v) is 3.47. The van der Waals surface area contributed by atoms with E-state index in [4.69, 9.17) is 16.3 Å². The molecule has 1 aliphatic rings. The number of Topliss-reactive ketones (excluding diaryl/α,β-unsaturated/α-hetero) is 1. The van der Waals surface area contributed by atoms with Gasteiger partial charge >= 0.3 is 0 Å². The minimum atomic E-state index is -0.0348. The van der Waals surface area contributed by atoms with Gasteiger partial charge in [-0.3, -0.25) is 4.79 Å². The van der Waals surface area contributed by atoms with E-state index in [9.17, 15) is 4.79 Å². The largest absolute Gasteiger partial charge is 0.493 e. The molecule has 19 heavy (non-hydrogen) atoms. The molecule has 0 unspecified atom stereocenters. The number of hydrogen-bond donors (Lipinski definition) is 0. The van der Waals surface area contributed by atoms with Crippen LogP contribution in [0.25, 0.3) is 0 Å². The van der Waals surface area contributed by atoms with Crippen molar-refractivity contribution in [3.05, 3.63) is 46.5 Å². The van der Waals surface area contributed by atoms with E-state index in [1.54, 1.807) is 30.1 Å². The number of carbonyl (C=O) groups is 1. The average molecular weight is 277 g/mol. The maximum atomic E-state index is 12.2. The van der Waals surface area contributed by atoms with Crippen molar-refractivity contribution in [3.8, 4) is 5.75 Å². The highest BCUT2D eigenvalue weighted by atomic mass is 35.5. The van der Waals surface area contributed by atoms with Gasteiger partial charge in [-0.05, 0) is 17.7 Å². The molecule has 1 aromatic heterocycles.